The molecular formula is C21H25FN4O3. The highest BCUT2D eigenvalue weighted by Crippen LogP contribution is 2.40. The number of anilines is 1. The predicted molar refractivity (Wildman–Crippen MR) is 105 cm³/mol. The molecule has 0 unspecified atom stereocenters. The lowest BCUT2D eigenvalue weighted by atomic mass is 9.73. The quantitative estimate of drug-likeness (QED) is 0.819. The Morgan fingerprint density at radius 3 is 2.79 bits per heavy atom. The predicted octanol–water partition coefficient (Wildman–Crippen LogP) is 1.92. The number of halogens is 1. The Bertz CT molecular complexity index is 873. The minimum absolute atomic E-state index is 0.233. The van der Waals surface area contributed by atoms with Crippen LogP contribution in [0, 0.1) is 5.82 Å². The van der Waals surface area contributed by atoms with Gasteiger partial charge in [-0.2, -0.15) is 0 Å². The van der Waals surface area contributed by atoms with Crippen LogP contribution in [-0.2, 0) is 4.74 Å². The Kier molecular flexibility index (Phi) is 5.23. The number of nitrogens with one attached hydrogen (secondary N) is 1. The van der Waals surface area contributed by atoms with Gasteiger partial charge in [0.15, 0.2) is 0 Å². The second kappa shape index (κ2) is 7.68. The molecule has 2 aromatic rings. The van der Waals surface area contributed by atoms with E-state index >= 15 is 0 Å². The molecule has 0 bridgehead atoms. The van der Waals surface area contributed by atoms with Crippen LogP contribution >= 0.6 is 0 Å². The number of hydrogen-bond donors (Lipinski definition) is 2. The molecular weight excluding hydrogens is 375 g/mol. The molecule has 1 amide bonds. The van der Waals surface area contributed by atoms with Crippen molar-refractivity contribution in [2.24, 2.45) is 0 Å². The number of amides is 1. The molecule has 154 valence electrons. The van der Waals surface area contributed by atoms with E-state index in [1.165, 1.54) is 18.2 Å². The molecule has 2 fully saturated rings. The summed E-state index contributed by atoms with van der Waals surface area (Å²) in [5, 5.41) is 14.2. The zero-order valence-electron chi connectivity index (χ0n) is 16.3. The minimum Gasteiger partial charge on any atom is -0.388 e. The number of aliphatic hydroxyl groups excluding tert-OH is 1. The van der Waals surface area contributed by atoms with Crippen molar-refractivity contribution in [3.8, 4) is 0 Å². The lowest BCUT2D eigenvalue weighted by Gasteiger charge is -2.53. The number of carbonyl (C=O) groups is 1. The van der Waals surface area contributed by atoms with E-state index in [1.54, 1.807) is 24.7 Å². The molecule has 2 aliphatic rings. The maximum atomic E-state index is 13.5. The molecule has 4 rings (SSSR count). The van der Waals surface area contributed by atoms with Crippen molar-refractivity contribution in [3.63, 3.8) is 0 Å². The number of ether oxygens (including phenoxy) is 1. The van der Waals surface area contributed by atoms with E-state index in [0.717, 1.165) is 5.82 Å². The Labute approximate surface area is 168 Å². The third-order valence-corrected chi connectivity index (χ3v) is 6.08. The van der Waals surface area contributed by atoms with E-state index in [1.807, 2.05) is 6.92 Å². The van der Waals surface area contributed by atoms with Crippen LogP contribution in [0.5, 0.6) is 0 Å². The molecule has 2 atom stereocenters. The molecule has 0 aliphatic carbocycles. The van der Waals surface area contributed by atoms with Gasteiger partial charge in [-0.25, -0.2) is 9.37 Å². The molecule has 0 radical (unpaired) electrons. The van der Waals surface area contributed by atoms with Gasteiger partial charge in [-0.3, -0.25) is 9.78 Å². The first kappa shape index (κ1) is 19.7. The fourth-order valence-corrected chi connectivity index (χ4v) is 4.34. The average molecular weight is 400 g/mol. The zero-order chi connectivity index (χ0) is 20.5. The Morgan fingerprint density at radius 1 is 1.31 bits per heavy atom. The van der Waals surface area contributed by atoms with Crippen LogP contribution in [0.15, 0.2) is 42.9 Å². The van der Waals surface area contributed by atoms with Crippen LogP contribution in [-0.4, -0.2) is 57.9 Å². The van der Waals surface area contributed by atoms with E-state index in [4.69, 9.17) is 4.74 Å². The fraction of sp³-hybridized carbons (Fsp3) is 0.476. The topological polar surface area (TPSA) is 87.6 Å². The maximum absolute atomic E-state index is 13.5. The highest BCUT2D eigenvalue weighted by Gasteiger charge is 2.54. The molecule has 8 heteroatoms. The fourth-order valence-electron chi connectivity index (χ4n) is 4.34. The van der Waals surface area contributed by atoms with E-state index in [-0.39, 0.29) is 5.56 Å². The Balaban J connectivity index is 1.47. The molecule has 1 spiro atoms. The smallest absolute Gasteiger partial charge is 0.251 e. The van der Waals surface area contributed by atoms with E-state index in [0.29, 0.717) is 39.0 Å². The molecule has 1 aromatic heterocycles. The van der Waals surface area contributed by atoms with Gasteiger partial charge < -0.3 is 20.1 Å². The van der Waals surface area contributed by atoms with Crippen molar-refractivity contribution in [1.29, 1.82) is 0 Å². The lowest BCUT2D eigenvalue weighted by molar-refractivity contribution is -0.195. The van der Waals surface area contributed by atoms with Crippen LogP contribution in [0.2, 0.25) is 0 Å². The van der Waals surface area contributed by atoms with Gasteiger partial charge in [0.2, 0.25) is 0 Å². The van der Waals surface area contributed by atoms with Crippen molar-refractivity contribution in [2.75, 3.05) is 24.6 Å². The first-order valence-corrected chi connectivity index (χ1v) is 9.83. The number of piperidine rings is 1. The number of benzene rings is 1. The average Bonchev–Trinajstić information content (AvgIpc) is 2.73. The third-order valence-electron chi connectivity index (χ3n) is 6.08. The van der Waals surface area contributed by atoms with Crippen molar-refractivity contribution < 1.29 is 19.0 Å². The molecule has 2 N–H and O–H groups in total. The van der Waals surface area contributed by atoms with Gasteiger partial charge in [-0.05, 0) is 44.4 Å². The van der Waals surface area contributed by atoms with Crippen LogP contribution < -0.4 is 10.2 Å². The number of carbonyl (C=O) groups excluding carboxylic acids is 1. The third kappa shape index (κ3) is 3.82. The van der Waals surface area contributed by atoms with E-state index in [9.17, 15) is 14.3 Å². The first-order chi connectivity index (χ1) is 13.9. The van der Waals surface area contributed by atoms with Gasteiger partial charge in [-0.1, -0.05) is 6.07 Å². The number of hydrogen-bond acceptors (Lipinski definition) is 6. The number of aliphatic hydroxyl groups is 1. The highest BCUT2D eigenvalue weighted by molar-refractivity contribution is 5.94. The highest BCUT2D eigenvalue weighted by atomic mass is 19.1. The molecule has 2 saturated heterocycles. The summed E-state index contributed by atoms with van der Waals surface area (Å²) in [7, 11) is 0. The van der Waals surface area contributed by atoms with Gasteiger partial charge in [-0.15, -0.1) is 0 Å². The molecule has 3 heterocycles. The minimum atomic E-state index is -0.884. The summed E-state index contributed by atoms with van der Waals surface area (Å²) in [5.74, 6) is -0.0712. The van der Waals surface area contributed by atoms with Gasteiger partial charge in [0, 0.05) is 37.7 Å². The van der Waals surface area contributed by atoms with Crippen LogP contribution in [0.3, 0.4) is 0 Å². The summed E-state index contributed by atoms with van der Waals surface area (Å²) in [4.78, 5) is 23.2. The summed E-state index contributed by atoms with van der Waals surface area (Å²) >= 11 is 0. The van der Waals surface area contributed by atoms with Gasteiger partial charge in [0.05, 0.1) is 17.3 Å². The van der Waals surface area contributed by atoms with E-state index < -0.39 is 29.0 Å². The molecule has 0 saturated carbocycles. The van der Waals surface area contributed by atoms with Crippen LogP contribution in [0.4, 0.5) is 10.2 Å². The maximum Gasteiger partial charge on any atom is 0.251 e. The summed E-state index contributed by atoms with van der Waals surface area (Å²) in [6.45, 7) is 3.60. The number of rotatable bonds is 3. The Morgan fingerprint density at radius 2 is 2.10 bits per heavy atom. The monoisotopic (exact) mass is 400 g/mol. The number of nitrogens with zero attached hydrogens (tertiary/aromatic N) is 3. The van der Waals surface area contributed by atoms with Gasteiger partial charge in [0.1, 0.15) is 17.7 Å². The number of aromatic nitrogens is 2. The SMILES string of the molecule is C[C@]1(NC(=O)c2cccc(F)c2)CCOC2(CCN(c3cnccn3)CC2)[C@@H]1O. The Hall–Kier alpha value is -2.58. The van der Waals surface area contributed by atoms with Crippen molar-refractivity contribution in [2.45, 2.75) is 43.4 Å². The van der Waals surface area contributed by atoms with Crippen LogP contribution in [0.25, 0.3) is 0 Å². The second-order valence-corrected chi connectivity index (χ2v) is 8.00. The zero-order valence-corrected chi connectivity index (χ0v) is 16.3. The second-order valence-electron chi connectivity index (χ2n) is 8.00. The van der Waals surface area contributed by atoms with E-state index in [2.05, 4.69) is 20.2 Å². The molecule has 2 aliphatic heterocycles. The van der Waals surface area contributed by atoms with Crippen LogP contribution in [0.1, 0.15) is 36.5 Å². The standard InChI is InChI=1S/C21H25FN4O3/c1-20(25-18(27)15-3-2-4-16(22)13-15)7-12-29-21(19(20)28)5-10-26(11-6-21)17-14-23-8-9-24-17/h2-4,8-9,13-14,19,28H,5-7,10-12H2,1H3,(H,25,27)/t19-,20+/m1/s1. The van der Waals surface area contributed by atoms with Crippen molar-refractivity contribution in [1.82, 2.24) is 15.3 Å². The van der Waals surface area contributed by atoms with Crippen molar-refractivity contribution >= 4 is 11.7 Å². The van der Waals surface area contributed by atoms with Crippen molar-refractivity contribution in [3.05, 3.63) is 54.2 Å². The first-order valence-electron chi connectivity index (χ1n) is 9.83. The van der Waals surface area contributed by atoms with Gasteiger partial charge in [0.25, 0.3) is 5.91 Å². The molecule has 29 heavy (non-hydrogen) atoms. The largest absolute Gasteiger partial charge is 0.388 e. The lowest BCUT2D eigenvalue weighted by Crippen LogP contribution is -2.69. The summed E-state index contributed by atoms with van der Waals surface area (Å²) in [5.41, 5.74) is -1.37. The summed E-state index contributed by atoms with van der Waals surface area (Å²) in [6, 6.07) is 5.54. The van der Waals surface area contributed by atoms with Gasteiger partial charge >= 0.3 is 0 Å². The normalized spacial score (nSPS) is 26.3. The summed E-state index contributed by atoms with van der Waals surface area (Å²) in [6.07, 6.45) is 5.82. The molecule has 7 nitrogen and oxygen atoms in total. The summed E-state index contributed by atoms with van der Waals surface area (Å²) < 4.78 is 19.6. The molecule has 1 aromatic carbocycles.